The summed E-state index contributed by atoms with van der Waals surface area (Å²) in [5.41, 5.74) is 1.02. The van der Waals surface area contributed by atoms with Gasteiger partial charge in [0.1, 0.15) is 0 Å². The van der Waals surface area contributed by atoms with E-state index in [4.69, 9.17) is 5.11 Å². The molecule has 18 heavy (non-hydrogen) atoms. The molecule has 2 atom stereocenters. The van der Waals surface area contributed by atoms with Crippen molar-refractivity contribution in [1.29, 1.82) is 0 Å². The molecule has 2 heterocycles. The largest absolute Gasteiger partial charge is 0.465 e. The molecule has 98 valence electrons. The molecular formula is C12H18N4O2. The van der Waals surface area contributed by atoms with Crippen molar-refractivity contribution in [2.75, 3.05) is 18.0 Å². The first kappa shape index (κ1) is 12.6. The van der Waals surface area contributed by atoms with E-state index in [9.17, 15) is 4.79 Å². The number of carboxylic acid groups (broad SMARTS) is 1. The summed E-state index contributed by atoms with van der Waals surface area (Å²) in [6.45, 7) is 7.01. The molecule has 0 radical (unpaired) electrons. The van der Waals surface area contributed by atoms with Gasteiger partial charge in [0.25, 0.3) is 0 Å². The van der Waals surface area contributed by atoms with Crippen molar-refractivity contribution in [2.45, 2.75) is 32.9 Å². The topological polar surface area (TPSA) is 69.6 Å². The molecular weight excluding hydrogens is 232 g/mol. The Balaban J connectivity index is 2.15. The Labute approximate surface area is 106 Å². The van der Waals surface area contributed by atoms with Crippen LogP contribution in [-0.4, -0.2) is 51.2 Å². The third-order valence-corrected chi connectivity index (χ3v) is 3.19. The van der Waals surface area contributed by atoms with E-state index in [2.05, 4.69) is 9.97 Å². The van der Waals surface area contributed by atoms with Crippen molar-refractivity contribution in [3.05, 3.63) is 18.0 Å². The van der Waals surface area contributed by atoms with Crippen LogP contribution < -0.4 is 4.90 Å². The van der Waals surface area contributed by atoms with Gasteiger partial charge >= 0.3 is 6.09 Å². The summed E-state index contributed by atoms with van der Waals surface area (Å²) in [6, 6.07) is -0.118. The Hall–Kier alpha value is -1.85. The third-order valence-electron chi connectivity index (χ3n) is 3.19. The lowest BCUT2D eigenvalue weighted by Crippen LogP contribution is -2.58. The first-order valence-electron chi connectivity index (χ1n) is 6.04. The van der Waals surface area contributed by atoms with Crippen LogP contribution in [0.25, 0.3) is 0 Å². The molecule has 0 saturated carbocycles. The van der Waals surface area contributed by atoms with Crippen molar-refractivity contribution in [3.8, 4) is 0 Å². The third kappa shape index (κ3) is 2.37. The van der Waals surface area contributed by atoms with E-state index in [1.807, 2.05) is 25.7 Å². The van der Waals surface area contributed by atoms with Crippen molar-refractivity contribution >= 4 is 12.0 Å². The Bertz CT molecular complexity index is 422. The van der Waals surface area contributed by atoms with E-state index in [-0.39, 0.29) is 12.1 Å². The van der Waals surface area contributed by atoms with Gasteiger partial charge in [-0.15, -0.1) is 0 Å². The summed E-state index contributed by atoms with van der Waals surface area (Å²) in [5, 5.41) is 9.15. The summed E-state index contributed by atoms with van der Waals surface area (Å²) in [7, 11) is 0. The first-order chi connectivity index (χ1) is 8.49. The van der Waals surface area contributed by atoms with Gasteiger partial charge in [0.2, 0.25) is 5.95 Å². The zero-order valence-electron chi connectivity index (χ0n) is 10.9. The summed E-state index contributed by atoms with van der Waals surface area (Å²) < 4.78 is 0. The van der Waals surface area contributed by atoms with Crippen LogP contribution in [0, 0.1) is 6.92 Å². The molecule has 0 aliphatic carbocycles. The molecule has 1 fully saturated rings. The fraction of sp³-hybridized carbons (Fsp3) is 0.583. The average Bonchev–Trinajstić information content (AvgIpc) is 2.28. The van der Waals surface area contributed by atoms with E-state index < -0.39 is 6.09 Å². The number of anilines is 1. The SMILES string of the molecule is Cc1cnc(N2CC(C)N(C(=O)O)C(C)C2)nc1. The predicted molar refractivity (Wildman–Crippen MR) is 67.8 cm³/mol. The Morgan fingerprint density at radius 2 is 1.78 bits per heavy atom. The highest BCUT2D eigenvalue weighted by molar-refractivity contribution is 5.66. The molecule has 6 heteroatoms. The fourth-order valence-corrected chi connectivity index (χ4v) is 2.41. The number of piperazine rings is 1. The van der Waals surface area contributed by atoms with E-state index in [0.29, 0.717) is 19.0 Å². The second-order valence-corrected chi connectivity index (χ2v) is 4.85. The lowest BCUT2D eigenvalue weighted by Gasteiger charge is -2.42. The Morgan fingerprint density at radius 1 is 1.28 bits per heavy atom. The number of nitrogens with zero attached hydrogens (tertiary/aromatic N) is 4. The van der Waals surface area contributed by atoms with Gasteiger partial charge in [0.15, 0.2) is 0 Å². The van der Waals surface area contributed by atoms with Crippen LogP contribution in [0.2, 0.25) is 0 Å². The molecule has 1 N–H and O–H groups in total. The van der Waals surface area contributed by atoms with Crippen molar-refractivity contribution in [1.82, 2.24) is 14.9 Å². The van der Waals surface area contributed by atoms with Crippen molar-refractivity contribution in [2.24, 2.45) is 0 Å². The Kier molecular flexibility index (Phi) is 3.36. The molecule has 0 spiro atoms. The minimum atomic E-state index is -0.862. The van der Waals surface area contributed by atoms with E-state index >= 15 is 0 Å². The van der Waals surface area contributed by atoms with Gasteiger partial charge in [0.05, 0.1) is 12.1 Å². The molecule has 2 unspecified atom stereocenters. The summed E-state index contributed by atoms with van der Waals surface area (Å²) >= 11 is 0. The maximum Gasteiger partial charge on any atom is 0.407 e. The highest BCUT2D eigenvalue weighted by Gasteiger charge is 2.33. The zero-order valence-corrected chi connectivity index (χ0v) is 10.9. The number of amides is 1. The van der Waals surface area contributed by atoms with E-state index in [1.165, 1.54) is 4.90 Å². The molecule has 1 aliphatic heterocycles. The van der Waals surface area contributed by atoms with E-state index in [1.54, 1.807) is 12.4 Å². The molecule has 1 aromatic heterocycles. The summed E-state index contributed by atoms with van der Waals surface area (Å²) in [5.74, 6) is 0.671. The van der Waals surface area contributed by atoms with Gasteiger partial charge in [-0.05, 0) is 26.3 Å². The van der Waals surface area contributed by atoms with E-state index in [0.717, 1.165) is 5.56 Å². The molecule has 1 aromatic rings. The van der Waals surface area contributed by atoms with Crippen LogP contribution in [0.1, 0.15) is 19.4 Å². The molecule has 1 saturated heterocycles. The van der Waals surface area contributed by atoms with Crippen LogP contribution in [0.4, 0.5) is 10.7 Å². The molecule has 1 aliphatic rings. The highest BCUT2D eigenvalue weighted by atomic mass is 16.4. The maximum absolute atomic E-state index is 11.1. The highest BCUT2D eigenvalue weighted by Crippen LogP contribution is 2.19. The number of carbonyl (C=O) groups is 1. The molecule has 1 amide bonds. The van der Waals surface area contributed by atoms with Crippen LogP contribution in [0.5, 0.6) is 0 Å². The van der Waals surface area contributed by atoms with Gasteiger partial charge < -0.3 is 10.0 Å². The molecule has 0 bridgehead atoms. The number of aryl methyl sites for hydroxylation is 1. The minimum absolute atomic E-state index is 0.0591. The molecule has 0 aromatic carbocycles. The maximum atomic E-state index is 11.1. The van der Waals surface area contributed by atoms with Gasteiger partial charge in [-0.1, -0.05) is 0 Å². The van der Waals surface area contributed by atoms with Crippen LogP contribution in [-0.2, 0) is 0 Å². The molecule has 6 nitrogen and oxygen atoms in total. The second-order valence-electron chi connectivity index (χ2n) is 4.85. The average molecular weight is 250 g/mol. The molecule has 2 rings (SSSR count). The number of hydrogen-bond acceptors (Lipinski definition) is 4. The minimum Gasteiger partial charge on any atom is -0.465 e. The summed E-state index contributed by atoms with van der Waals surface area (Å²) in [6.07, 6.45) is 2.70. The monoisotopic (exact) mass is 250 g/mol. The van der Waals surface area contributed by atoms with Crippen molar-refractivity contribution in [3.63, 3.8) is 0 Å². The zero-order chi connectivity index (χ0) is 13.3. The van der Waals surface area contributed by atoms with Gasteiger partial charge in [0, 0.05) is 25.5 Å². The van der Waals surface area contributed by atoms with Gasteiger partial charge in [-0.25, -0.2) is 14.8 Å². The first-order valence-corrected chi connectivity index (χ1v) is 6.04. The fourth-order valence-electron chi connectivity index (χ4n) is 2.41. The number of rotatable bonds is 1. The predicted octanol–water partition coefficient (Wildman–Crippen LogP) is 1.36. The standard InChI is InChI=1S/C12H18N4O2/c1-8-4-13-11(14-5-8)15-6-9(2)16(12(17)18)10(3)7-15/h4-5,9-10H,6-7H2,1-3H3,(H,17,18). The number of aromatic nitrogens is 2. The van der Waals surface area contributed by atoms with Crippen molar-refractivity contribution < 1.29 is 9.90 Å². The quantitative estimate of drug-likeness (QED) is 0.815. The van der Waals surface area contributed by atoms with Crippen LogP contribution in [0.3, 0.4) is 0 Å². The van der Waals surface area contributed by atoms with Gasteiger partial charge in [-0.2, -0.15) is 0 Å². The van der Waals surface area contributed by atoms with Crippen LogP contribution >= 0.6 is 0 Å². The Morgan fingerprint density at radius 3 is 2.22 bits per heavy atom. The lowest BCUT2D eigenvalue weighted by molar-refractivity contribution is 0.0979. The smallest absolute Gasteiger partial charge is 0.407 e. The summed E-state index contributed by atoms with van der Waals surface area (Å²) in [4.78, 5) is 23.2. The van der Waals surface area contributed by atoms with Gasteiger partial charge in [-0.3, -0.25) is 4.90 Å². The second kappa shape index (κ2) is 4.80. The number of hydrogen-bond donors (Lipinski definition) is 1. The lowest BCUT2D eigenvalue weighted by atomic mass is 10.1. The van der Waals surface area contributed by atoms with Crippen LogP contribution in [0.15, 0.2) is 12.4 Å². The normalized spacial score (nSPS) is 24.2.